The maximum Gasteiger partial charge on any atom is 0.225 e. The monoisotopic (exact) mass is 276 g/mol. The van der Waals surface area contributed by atoms with Gasteiger partial charge in [-0.3, -0.25) is 0 Å². The van der Waals surface area contributed by atoms with Crippen molar-refractivity contribution >= 4 is 5.95 Å². The largest absolute Gasteiger partial charge is 0.341 e. The highest BCUT2D eigenvalue weighted by molar-refractivity contribution is 5.34. The summed E-state index contributed by atoms with van der Waals surface area (Å²) in [4.78, 5) is 11.6. The van der Waals surface area contributed by atoms with Crippen LogP contribution in [0.5, 0.6) is 0 Å². The SMILES string of the molecule is CCCC1CCN(c2ncc(CNC(C)C)c(C)n2)C1. The molecule has 4 nitrogen and oxygen atoms in total. The van der Waals surface area contributed by atoms with E-state index in [4.69, 9.17) is 4.98 Å². The van der Waals surface area contributed by atoms with Gasteiger partial charge in [0.1, 0.15) is 0 Å². The van der Waals surface area contributed by atoms with Crippen LogP contribution in [0.15, 0.2) is 6.20 Å². The van der Waals surface area contributed by atoms with Gasteiger partial charge >= 0.3 is 0 Å². The molecule has 1 N–H and O–H groups in total. The van der Waals surface area contributed by atoms with Crippen molar-refractivity contribution < 1.29 is 0 Å². The Morgan fingerprint density at radius 1 is 1.45 bits per heavy atom. The third-order valence-electron chi connectivity index (χ3n) is 4.03. The van der Waals surface area contributed by atoms with E-state index in [1.54, 1.807) is 0 Å². The Morgan fingerprint density at radius 2 is 2.25 bits per heavy atom. The van der Waals surface area contributed by atoms with E-state index in [-0.39, 0.29) is 0 Å². The van der Waals surface area contributed by atoms with Crippen molar-refractivity contribution in [1.82, 2.24) is 15.3 Å². The number of hydrogen-bond donors (Lipinski definition) is 1. The van der Waals surface area contributed by atoms with Crippen molar-refractivity contribution in [2.45, 2.75) is 59.5 Å². The first kappa shape index (κ1) is 15.2. The van der Waals surface area contributed by atoms with Crippen molar-refractivity contribution in [1.29, 1.82) is 0 Å². The molecule has 1 fully saturated rings. The van der Waals surface area contributed by atoms with Gasteiger partial charge in [-0.1, -0.05) is 27.2 Å². The summed E-state index contributed by atoms with van der Waals surface area (Å²) in [5, 5.41) is 3.42. The summed E-state index contributed by atoms with van der Waals surface area (Å²) < 4.78 is 0. The van der Waals surface area contributed by atoms with Crippen LogP contribution in [0.2, 0.25) is 0 Å². The molecule has 1 atom stereocenters. The molecule has 4 heteroatoms. The van der Waals surface area contributed by atoms with Gasteiger partial charge in [-0.2, -0.15) is 0 Å². The van der Waals surface area contributed by atoms with E-state index in [1.807, 2.05) is 6.20 Å². The summed E-state index contributed by atoms with van der Waals surface area (Å²) in [6.07, 6.45) is 5.87. The van der Waals surface area contributed by atoms with Crippen molar-refractivity contribution in [3.05, 3.63) is 17.5 Å². The van der Waals surface area contributed by atoms with Gasteiger partial charge in [0.15, 0.2) is 0 Å². The third kappa shape index (κ3) is 3.92. The second kappa shape index (κ2) is 7.02. The minimum atomic E-state index is 0.488. The molecule has 1 saturated heterocycles. The first-order valence-electron chi connectivity index (χ1n) is 7.91. The van der Waals surface area contributed by atoms with E-state index in [0.29, 0.717) is 6.04 Å². The Morgan fingerprint density at radius 3 is 2.90 bits per heavy atom. The van der Waals surface area contributed by atoms with Crippen LogP contribution in [0.4, 0.5) is 5.95 Å². The molecule has 1 aromatic heterocycles. The minimum Gasteiger partial charge on any atom is -0.341 e. The second-order valence-electron chi connectivity index (χ2n) is 6.21. The second-order valence-corrected chi connectivity index (χ2v) is 6.21. The molecule has 1 aromatic rings. The van der Waals surface area contributed by atoms with E-state index >= 15 is 0 Å². The number of nitrogens with one attached hydrogen (secondary N) is 1. The lowest BCUT2D eigenvalue weighted by molar-refractivity contribution is 0.529. The van der Waals surface area contributed by atoms with Gasteiger partial charge in [-0.05, 0) is 25.7 Å². The van der Waals surface area contributed by atoms with Gasteiger partial charge in [-0.15, -0.1) is 0 Å². The molecule has 1 aliphatic rings. The molecule has 1 unspecified atom stereocenters. The highest BCUT2D eigenvalue weighted by Gasteiger charge is 2.23. The van der Waals surface area contributed by atoms with E-state index in [1.165, 1.54) is 24.8 Å². The van der Waals surface area contributed by atoms with Crippen molar-refractivity contribution in [3.63, 3.8) is 0 Å². The van der Waals surface area contributed by atoms with Crippen LogP contribution in [0.1, 0.15) is 51.3 Å². The molecule has 2 heterocycles. The molecule has 0 radical (unpaired) electrons. The molecule has 0 bridgehead atoms. The lowest BCUT2D eigenvalue weighted by Gasteiger charge is -2.18. The molecule has 0 spiro atoms. The van der Waals surface area contributed by atoms with Gasteiger partial charge in [0.2, 0.25) is 5.95 Å². The summed E-state index contributed by atoms with van der Waals surface area (Å²) in [6.45, 7) is 11.7. The summed E-state index contributed by atoms with van der Waals surface area (Å²) in [5.41, 5.74) is 2.30. The number of hydrogen-bond acceptors (Lipinski definition) is 4. The molecule has 0 aromatic carbocycles. The quantitative estimate of drug-likeness (QED) is 0.867. The average molecular weight is 276 g/mol. The fourth-order valence-electron chi connectivity index (χ4n) is 2.78. The lowest BCUT2D eigenvalue weighted by Crippen LogP contribution is -2.25. The molecule has 0 saturated carbocycles. The Labute approximate surface area is 123 Å². The fourth-order valence-corrected chi connectivity index (χ4v) is 2.78. The summed E-state index contributed by atoms with van der Waals surface area (Å²) >= 11 is 0. The van der Waals surface area contributed by atoms with E-state index in [0.717, 1.165) is 37.2 Å². The number of nitrogens with zero attached hydrogens (tertiary/aromatic N) is 3. The van der Waals surface area contributed by atoms with E-state index < -0.39 is 0 Å². The molecule has 1 aliphatic heterocycles. The summed E-state index contributed by atoms with van der Waals surface area (Å²) in [7, 11) is 0. The first-order valence-corrected chi connectivity index (χ1v) is 7.91. The average Bonchev–Trinajstić information content (AvgIpc) is 2.86. The predicted octanol–water partition coefficient (Wildman–Crippen LogP) is 2.91. The Balaban J connectivity index is 1.98. The van der Waals surface area contributed by atoms with Crippen molar-refractivity contribution in [2.75, 3.05) is 18.0 Å². The molecular formula is C16H28N4. The lowest BCUT2D eigenvalue weighted by atomic mass is 10.0. The van der Waals surface area contributed by atoms with Crippen LogP contribution >= 0.6 is 0 Å². The molecule has 112 valence electrons. The predicted molar refractivity (Wildman–Crippen MR) is 84.0 cm³/mol. The third-order valence-corrected chi connectivity index (χ3v) is 4.03. The molecule has 2 rings (SSSR count). The zero-order valence-electron chi connectivity index (χ0n) is 13.3. The molecular weight excluding hydrogens is 248 g/mol. The minimum absolute atomic E-state index is 0.488. The number of aryl methyl sites for hydroxylation is 1. The zero-order valence-corrected chi connectivity index (χ0v) is 13.3. The Bertz CT molecular complexity index is 430. The first-order chi connectivity index (χ1) is 9.60. The van der Waals surface area contributed by atoms with Gasteiger partial charge in [0, 0.05) is 43.1 Å². The summed E-state index contributed by atoms with van der Waals surface area (Å²) in [5.74, 6) is 1.74. The fraction of sp³-hybridized carbons (Fsp3) is 0.750. The maximum absolute atomic E-state index is 4.70. The van der Waals surface area contributed by atoms with Gasteiger partial charge < -0.3 is 10.2 Å². The van der Waals surface area contributed by atoms with Crippen LogP contribution in [-0.4, -0.2) is 29.1 Å². The van der Waals surface area contributed by atoms with Crippen LogP contribution in [0.3, 0.4) is 0 Å². The standard InChI is InChI=1S/C16H28N4/c1-5-6-14-7-8-20(11-14)16-18-10-15(13(4)19-16)9-17-12(2)3/h10,12,14,17H,5-9,11H2,1-4H3. The molecule has 0 aliphatic carbocycles. The number of rotatable bonds is 6. The van der Waals surface area contributed by atoms with Crippen molar-refractivity contribution in [2.24, 2.45) is 5.92 Å². The van der Waals surface area contributed by atoms with Crippen LogP contribution in [0, 0.1) is 12.8 Å². The van der Waals surface area contributed by atoms with E-state index in [2.05, 4.69) is 42.9 Å². The van der Waals surface area contributed by atoms with Crippen LogP contribution < -0.4 is 10.2 Å². The maximum atomic E-state index is 4.70. The van der Waals surface area contributed by atoms with Crippen LogP contribution in [0.25, 0.3) is 0 Å². The smallest absolute Gasteiger partial charge is 0.225 e. The van der Waals surface area contributed by atoms with Gasteiger partial charge in [0.25, 0.3) is 0 Å². The molecule has 20 heavy (non-hydrogen) atoms. The van der Waals surface area contributed by atoms with Gasteiger partial charge in [0.05, 0.1) is 0 Å². The Hall–Kier alpha value is -1.16. The topological polar surface area (TPSA) is 41.1 Å². The highest BCUT2D eigenvalue weighted by Crippen LogP contribution is 2.24. The Kier molecular flexibility index (Phi) is 5.35. The van der Waals surface area contributed by atoms with Gasteiger partial charge in [-0.25, -0.2) is 9.97 Å². The van der Waals surface area contributed by atoms with E-state index in [9.17, 15) is 0 Å². The van der Waals surface area contributed by atoms with Crippen molar-refractivity contribution in [3.8, 4) is 0 Å². The number of aromatic nitrogens is 2. The molecule has 0 amide bonds. The highest BCUT2D eigenvalue weighted by atomic mass is 15.3. The normalized spacial score (nSPS) is 19.1. The summed E-state index contributed by atoms with van der Waals surface area (Å²) in [6, 6.07) is 0.488. The zero-order chi connectivity index (χ0) is 14.5. The number of anilines is 1. The van der Waals surface area contributed by atoms with Crippen LogP contribution in [-0.2, 0) is 6.54 Å².